The summed E-state index contributed by atoms with van der Waals surface area (Å²) in [6, 6.07) is 19.3. The molecule has 0 amide bonds. The minimum absolute atomic E-state index is 0.0281. The van der Waals surface area contributed by atoms with Crippen LogP contribution in [0.2, 0.25) is 0 Å². The van der Waals surface area contributed by atoms with Gasteiger partial charge in [-0.05, 0) is 73.4 Å². The van der Waals surface area contributed by atoms with Crippen molar-refractivity contribution in [2.75, 3.05) is 26.2 Å². The predicted octanol–water partition coefficient (Wildman–Crippen LogP) is 3.74. The molecular formula is C29H35N3O4S. The predicted molar refractivity (Wildman–Crippen MR) is 143 cm³/mol. The van der Waals surface area contributed by atoms with Gasteiger partial charge in [0.05, 0.1) is 11.0 Å². The molecular weight excluding hydrogens is 486 g/mol. The molecule has 3 aromatic rings. The fourth-order valence-electron chi connectivity index (χ4n) is 5.25. The van der Waals surface area contributed by atoms with Crippen LogP contribution in [0.25, 0.3) is 0 Å². The summed E-state index contributed by atoms with van der Waals surface area (Å²) in [5.74, 6) is 1.26. The molecule has 3 heterocycles. The van der Waals surface area contributed by atoms with Gasteiger partial charge in [-0.25, -0.2) is 8.42 Å². The van der Waals surface area contributed by atoms with E-state index in [2.05, 4.69) is 34.6 Å². The summed E-state index contributed by atoms with van der Waals surface area (Å²) in [7, 11) is -3.52. The highest BCUT2D eigenvalue weighted by molar-refractivity contribution is 7.89. The number of pyridine rings is 1. The van der Waals surface area contributed by atoms with E-state index >= 15 is 0 Å². The Kier molecular flexibility index (Phi) is 8.20. The number of benzene rings is 2. The average Bonchev–Trinajstić information content (AvgIpc) is 2.94. The SMILES string of the molecule is O=S(=O)(c1ccc2c(c1)CCC(CNCC(O)c1cccnc1)O2)N1CCC(Cc2ccccc2)CC1. The van der Waals surface area contributed by atoms with Gasteiger partial charge in [-0.3, -0.25) is 4.98 Å². The largest absolute Gasteiger partial charge is 0.489 e. The van der Waals surface area contributed by atoms with E-state index in [4.69, 9.17) is 4.74 Å². The van der Waals surface area contributed by atoms with Crippen LogP contribution in [0.3, 0.4) is 0 Å². The maximum absolute atomic E-state index is 13.4. The summed E-state index contributed by atoms with van der Waals surface area (Å²) in [6.45, 7) is 2.14. The van der Waals surface area contributed by atoms with Crippen molar-refractivity contribution >= 4 is 10.0 Å². The van der Waals surface area contributed by atoms with Gasteiger partial charge in [-0.2, -0.15) is 4.31 Å². The van der Waals surface area contributed by atoms with Crippen molar-refractivity contribution < 1.29 is 18.3 Å². The minimum Gasteiger partial charge on any atom is -0.489 e. The highest BCUT2D eigenvalue weighted by Crippen LogP contribution is 2.32. The number of nitrogens with zero attached hydrogens (tertiary/aromatic N) is 2. The van der Waals surface area contributed by atoms with Gasteiger partial charge in [-0.1, -0.05) is 36.4 Å². The molecule has 196 valence electrons. The number of piperidine rings is 1. The Hall–Kier alpha value is -2.78. The summed E-state index contributed by atoms with van der Waals surface area (Å²) < 4.78 is 34.5. The number of fused-ring (bicyclic) bond motifs is 1. The van der Waals surface area contributed by atoms with Gasteiger partial charge in [0.1, 0.15) is 11.9 Å². The number of aliphatic hydroxyl groups is 1. The zero-order valence-electron chi connectivity index (χ0n) is 21.0. The molecule has 2 atom stereocenters. The van der Waals surface area contributed by atoms with Crippen LogP contribution in [0.1, 0.15) is 42.1 Å². The van der Waals surface area contributed by atoms with Crippen LogP contribution >= 0.6 is 0 Å². The average molecular weight is 522 g/mol. The molecule has 2 aliphatic heterocycles. The van der Waals surface area contributed by atoms with E-state index in [9.17, 15) is 13.5 Å². The third-order valence-corrected chi connectivity index (χ3v) is 9.31. The Morgan fingerprint density at radius 3 is 2.62 bits per heavy atom. The molecule has 0 bridgehead atoms. The van der Waals surface area contributed by atoms with Gasteiger partial charge in [0.2, 0.25) is 10.0 Å². The van der Waals surface area contributed by atoms with Crippen LogP contribution in [0, 0.1) is 5.92 Å². The monoisotopic (exact) mass is 521 g/mol. The van der Waals surface area contributed by atoms with Crippen LogP contribution in [0.5, 0.6) is 5.75 Å². The van der Waals surface area contributed by atoms with Crippen molar-refractivity contribution in [2.45, 2.75) is 49.2 Å². The second-order valence-corrected chi connectivity index (χ2v) is 12.0. The number of nitrogens with one attached hydrogen (secondary N) is 1. The molecule has 1 saturated heterocycles. The second-order valence-electron chi connectivity index (χ2n) is 10.0. The molecule has 2 aliphatic rings. The number of aliphatic hydroxyl groups excluding tert-OH is 1. The van der Waals surface area contributed by atoms with Gasteiger partial charge in [0.15, 0.2) is 0 Å². The lowest BCUT2D eigenvalue weighted by Crippen LogP contribution is -2.39. The number of sulfonamides is 1. The first-order valence-corrected chi connectivity index (χ1v) is 14.6. The van der Waals surface area contributed by atoms with E-state index in [1.165, 1.54) is 5.56 Å². The Balaban J connectivity index is 1.13. The number of rotatable bonds is 9. The molecule has 0 radical (unpaired) electrons. The summed E-state index contributed by atoms with van der Waals surface area (Å²) in [4.78, 5) is 4.40. The van der Waals surface area contributed by atoms with Crippen molar-refractivity contribution in [3.05, 3.63) is 89.7 Å². The third-order valence-electron chi connectivity index (χ3n) is 7.42. The molecule has 1 aromatic heterocycles. The molecule has 37 heavy (non-hydrogen) atoms. The molecule has 0 saturated carbocycles. The quantitative estimate of drug-likeness (QED) is 0.446. The molecule has 5 rings (SSSR count). The number of ether oxygens (including phenoxy) is 1. The van der Waals surface area contributed by atoms with Crippen LogP contribution in [0.15, 0.2) is 78.0 Å². The summed E-state index contributed by atoms with van der Waals surface area (Å²) >= 11 is 0. The highest BCUT2D eigenvalue weighted by atomic mass is 32.2. The van der Waals surface area contributed by atoms with E-state index in [-0.39, 0.29) is 6.10 Å². The molecule has 1 fully saturated rings. The zero-order chi connectivity index (χ0) is 25.7. The number of hydrogen-bond acceptors (Lipinski definition) is 6. The lowest BCUT2D eigenvalue weighted by atomic mass is 9.91. The maximum atomic E-state index is 13.4. The van der Waals surface area contributed by atoms with Gasteiger partial charge in [0, 0.05) is 44.1 Å². The van der Waals surface area contributed by atoms with Gasteiger partial charge < -0.3 is 15.2 Å². The van der Waals surface area contributed by atoms with Gasteiger partial charge in [-0.15, -0.1) is 0 Å². The van der Waals surface area contributed by atoms with Crippen LogP contribution in [0.4, 0.5) is 0 Å². The van der Waals surface area contributed by atoms with Gasteiger partial charge in [0.25, 0.3) is 0 Å². The van der Waals surface area contributed by atoms with Gasteiger partial charge >= 0.3 is 0 Å². The number of aromatic nitrogens is 1. The molecule has 8 heteroatoms. The standard InChI is InChI=1S/C29H35N3O4S/c33-28(25-7-4-14-30-19-25)21-31-20-26-9-8-24-18-27(10-11-29(24)36-26)37(34,35)32-15-12-23(13-16-32)17-22-5-2-1-3-6-22/h1-7,10-11,14,18-19,23,26,28,31,33H,8-9,12-13,15-17,20-21H2. The van der Waals surface area contributed by atoms with E-state index in [0.717, 1.165) is 49.0 Å². The summed E-state index contributed by atoms with van der Waals surface area (Å²) in [5.41, 5.74) is 3.03. The lowest BCUT2D eigenvalue weighted by molar-refractivity contribution is 0.146. The van der Waals surface area contributed by atoms with Crippen LogP contribution < -0.4 is 10.1 Å². The van der Waals surface area contributed by atoms with E-state index in [1.807, 2.05) is 18.2 Å². The Morgan fingerprint density at radius 2 is 1.86 bits per heavy atom. The summed E-state index contributed by atoms with van der Waals surface area (Å²) in [6.07, 6.45) is 7.01. The van der Waals surface area contributed by atoms with Crippen LogP contribution in [-0.4, -0.2) is 55.1 Å². The normalized spacial score (nSPS) is 19.6. The van der Waals surface area contributed by atoms with Crippen LogP contribution in [-0.2, 0) is 22.9 Å². The van der Waals surface area contributed by atoms with E-state index in [1.54, 1.807) is 34.9 Å². The first kappa shape index (κ1) is 25.9. The van der Waals surface area contributed by atoms with Crippen molar-refractivity contribution in [3.63, 3.8) is 0 Å². The third kappa shape index (κ3) is 6.38. The highest BCUT2D eigenvalue weighted by Gasteiger charge is 2.31. The van der Waals surface area contributed by atoms with Crippen molar-refractivity contribution in [2.24, 2.45) is 5.92 Å². The van der Waals surface area contributed by atoms with Crippen molar-refractivity contribution in [1.29, 1.82) is 0 Å². The Morgan fingerprint density at radius 1 is 1.05 bits per heavy atom. The first-order valence-electron chi connectivity index (χ1n) is 13.1. The molecule has 2 unspecified atom stereocenters. The number of hydrogen-bond donors (Lipinski definition) is 2. The van der Waals surface area contributed by atoms with Crippen molar-refractivity contribution in [3.8, 4) is 5.75 Å². The molecule has 7 nitrogen and oxygen atoms in total. The van der Waals surface area contributed by atoms with E-state index < -0.39 is 16.1 Å². The smallest absolute Gasteiger partial charge is 0.243 e. The lowest BCUT2D eigenvalue weighted by Gasteiger charge is -2.32. The fraction of sp³-hybridized carbons (Fsp3) is 0.414. The Bertz CT molecular complexity index is 1260. The molecule has 0 spiro atoms. The molecule has 2 aromatic carbocycles. The maximum Gasteiger partial charge on any atom is 0.243 e. The van der Waals surface area contributed by atoms with E-state index in [0.29, 0.717) is 37.0 Å². The zero-order valence-corrected chi connectivity index (χ0v) is 21.8. The summed E-state index contributed by atoms with van der Waals surface area (Å²) in [5, 5.41) is 13.6. The minimum atomic E-state index is -3.52. The molecule has 2 N–H and O–H groups in total. The number of aryl methyl sites for hydroxylation is 1. The van der Waals surface area contributed by atoms with Crippen molar-refractivity contribution in [1.82, 2.24) is 14.6 Å². The Labute approximate surface area is 219 Å². The topological polar surface area (TPSA) is 91.8 Å². The fourth-order valence-corrected chi connectivity index (χ4v) is 6.77. The molecule has 0 aliphatic carbocycles. The second kappa shape index (κ2) is 11.7. The first-order chi connectivity index (χ1) is 18.0.